The molecule has 1 heterocycles. The Morgan fingerprint density at radius 2 is 1.87 bits per heavy atom. The quantitative estimate of drug-likeness (QED) is 0.326. The molecule has 30 heavy (non-hydrogen) atoms. The lowest BCUT2D eigenvalue weighted by Crippen LogP contribution is -2.31. The number of aliphatic hydroxyl groups is 1. The van der Waals surface area contributed by atoms with Crippen molar-refractivity contribution in [3.8, 4) is 5.75 Å². The molecule has 6 heteroatoms. The predicted octanol–water partition coefficient (Wildman–Crippen LogP) is 3.77. The van der Waals surface area contributed by atoms with E-state index >= 15 is 0 Å². The van der Waals surface area contributed by atoms with Gasteiger partial charge in [0.05, 0.1) is 18.7 Å². The molecular weight excluding hydrogens is 382 g/mol. The van der Waals surface area contributed by atoms with E-state index in [1.165, 1.54) is 4.90 Å². The van der Waals surface area contributed by atoms with Crippen LogP contribution in [-0.4, -0.2) is 49.1 Å². The second-order valence-corrected chi connectivity index (χ2v) is 7.43. The molecule has 1 fully saturated rings. The van der Waals surface area contributed by atoms with Crippen molar-refractivity contribution in [2.75, 3.05) is 27.4 Å². The molecule has 1 aliphatic rings. The van der Waals surface area contributed by atoms with Crippen molar-refractivity contribution in [2.45, 2.75) is 26.3 Å². The number of likely N-dealkylation sites (tertiary alicyclic amines) is 1. The molecule has 1 unspecified atom stereocenters. The van der Waals surface area contributed by atoms with Crippen LogP contribution in [0.1, 0.15) is 34.7 Å². The van der Waals surface area contributed by atoms with Gasteiger partial charge in [0, 0.05) is 25.8 Å². The zero-order valence-electron chi connectivity index (χ0n) is 17.8. The Kier molecular flexibility index (Phi) is 6.57. The fourth-order valence-electron chi connectivity index (χ4n) is 3.78. The number of aliphatic hydroxyl groups excluding tert-OH is 1. The number of hydrogen-bond acceptors (Lipinski definition) is 5. The highest BCUT2D eigenvalue weighted by molar-refractivity contribution is 6.46. The normalized spacial score (nSPS) is 18.1. The van der Waals surface area contributed by atoms with Gasteiger partial charge in [-0.2, -0.15) is 0 Å². The van der Waals surface area contributed by atoms with Gasteiger partial charge in [-0.1, -0.05) is 29.8 Å². The molecule has 158 valence electrons. The number of aryl methyl sites for hydroxylation is 2. The van der Waals surface area contributed by atoms with Crippen LogP contribution >= 0.6 is 0 Å². The molecule has 0 bridgehead atoms. The number of ether oxygens (including phenoxy) is 2. The zero-order chi connectivity index (χ0) is 21.8. The summed E-state index contributed by atoms with van der Waals surface area (Å²) in [5, 5.41) is 11.2. The van der Waals surface area contributed by atoms with Crippen molar-refractivity contribution in [3.63, 3.8) is 0 Å². The largest absolute Gasteiger partial charge is 0.507 e. The number of carbonyl (C=O) groups is 2. The average Bonchev–Trinajstić information content (AvgIpc) is 3.00. The standard InChI is InChI=1S/C24H27NO5/c1-15-9-10-16(2)19(13-15)22(26)20-21(17-7-5-8-18(14-17)30-4)25(11-6-12-29-3)24(28)23(20)27/h5,7-10,13-14,21,26H,6,11-12H2,1-4H3. The molecule has 1 saturated heterocycles. The molecule has 0 radical (unpaired) electrons. The third-order valence-corrected chi connectivity index (χ3v) is 5.35. The first-order valence-electron chi connectivity index (χ1n) is 9.88. The Labute approximate surface area is 176 Å². The van der Waals surface area contributed by atoms with Crippen LogP contribution in [0.25, 0.3) is 5.76 Å². The van der Waals surface area contributed by atoms with Crippen LogP contribution in [0.15, 0.2) is 48.0 Å². The van der Waals surface area contributed by atoms with E-state index < -0.39 is 17.7 Å². The maximum Gasteiger partial charge on any atom is 0.295 e. The fourth-order valence-corrected chi connectivity index (χ4v) is 3.78. The van der Waals surface area contributed by atoms with Crippen molar-refractivity contribution in [1.29, 1.82) is 0 Å². The first-order valence-corrected chi connectivity index (χ1v) is 9.88. The topological polar surface area (TPSA) is 76.1 Å². The summed E-state index contributed by atoms with van der Waals surface area (Å²) in [6.07, 6.45) is 0.577. The van der Waals surface area contributed by atoms with E-state index in [1.807, 2.05) is 38.1 Å². The van der Waals surface area contributed by atoms with Gasteiger partial charge in [0.2, 0.25) is 0 Å². The SMILES string of the molecule is COCCCN1C(=O)C(=O)C(=C(O)c2cc(C)ccc2C)C1c1cccc(OC)c1. The van der Waals surface area contributed by atoms with Crippen LogP contribution in [0, 0.1) is 13.8 Å². The highest BCUT2D eigenvalue weighted by atomic mass is 16.5. The molecule has 1 aliphatic heterocycles. The number of amides is 1. The minimum Gasteiger partial charge on any atom is -0.507 e. The molecule has 1 N–H and O–H groups in total. The third kappa shape index (κ3) is 4.09. The fraction of sp³-hybridized carbons (Fsp3) is 0.333. The maximum atomic E-state index is 13.0. The molecule has 2 aromatic rings. The van der Waals surface area contributed by atoms with Gasteiger partial charge in [0.15, 0.2) is 0 Å². The summed E-state index contributed by atoms with van der Waals surface area (Å²) < 4.78 is 10.4. The van der Waals surface area contributed by atoms with E-state index in [4.69, 9.17) is 9.47 Å². The zero-order valence-corrected chi connectivity index (χ0v) is 17.8. The highest BCUT2D eigenvalue weighted by Gasteiger charge is 2.46. The summed E-state index contributed by atoms with van der Waals surface area (Å²) in [4.78, 5) is 27.4. The van der Waals surface area contributed by atoms with Gasteiger partial charge in [-0.15, -0.1) is 0 Å². The maximum absolute atomic E-state index is 13.0. The molecule has 1 amide bonds. The minimum absolute atomic E-state index is 0.0966. The van der Waals surface area contributed by atoms with Crippen molar-refractivity contribution in [1.82, 2.24) is 4.90 Å². The predicted molar refractivity (Wildman–Crippen MR) is 114 cm³/mol. The van der Waals surface area contributed by atoms with E-state index in [0.29, 0.717) is 36.4 Å². The summed E-state index contributed by atoms with van der Waals surface area (Å²) in [6.45, 7) is 4.58. The van der Waals surface area contributed by atoms with Crippen molar-refractivity contribution >= 4 is 17.4 Å². The number of Topliss-reactive ketones (excluding diaryl/α,β-unsaturated/α-hetero) is 1. The van der Waals surface area contributed by atoms with Crippen LogP contribution in [0.5, 0.6) is 5.75 Å². The average molecular weight is 409 g/mol. The third-order valence-electron chi connectivity index (χ3n) is 5.35. The summed E-state index contributed by atoms with van der Waals surface area (Å²) in [6, 6.07) is 12.2. The summed E-state index contributed by atoms with van der Waals surface area (Å²) in [7, 11) is 3.15. The molecule has 0 saturated carbocycles. The number of methoxy groups -OCH3 is 2. The molecule has 0 aromatic heterocycles. The summed E-state index contributed by atoms with van der Waals surface area (Å²) >= 11 is 0. The van der Waals surface area contributed by atoms with Crippen LogP contribution < -0.4 is 4.74 Å². The van der Waals surface area contributed by atoms with E-state index in [-0.39, 0.29) is 11.3 Å². The Balaban J connectivity index is 2.18. The van der Waals surface area contributed by atoms with E-state index in [9.17, 15) is 14.7 Å². The highest BCUT2D eigenvalue weighted by Crippen LogP contribution is 2.40. The second kappa shape index (κ2) is 9.13. The smallest absolute Gasteiger partial charge is 0.295 e. The van der Waals surface area contributed by atoms with Crippen molar-refractivity contribution in [2.24, 2.45) is 0 Å². The molecule has 3 rings (SSSR count). The number of benzene rings is 2. The number of rotatable bonds is 7. The minimum atomic E-state index is -0.697. The van der Waals surface area contributed by atoms with Gasteiger partial charge < -0.3 is 19.5 Å². The number of ketones is 1. The molecule has 0 aliphatic carbocycles. The van der Waals surface area contributed by atoms with E-state index in [2.05, 4.69) is 0 Å². The molecule has 1 atom stereocenters. The lowest BCUT2D eigenvalue weighted by molar-refractivity contribution is -0.140. The Hall–Kier alpha value is -3.12. The Bertz CT molecular complexity index is 995. The first-order chi connectivity index (χ1) is 14.4. The lowest BCUT2D eigenvalue weighted by Gasteiger charge is -2.25. The van der Waals surface area contributed by atoms with E-state index in [0.717, 1.165) is 11.1 Å². The summed E-state index contributed by atoms with van der Waals surface area (Å²) in [5.41, 5.74) is 3.14. The number of hydrogen-bond donors (Lipinski definition) is 1. The summed E-state index contributed by atoms with van der Waals surface area (Å²) in [5.74, 6) is -0.845. The van der Waals surface area contributed by atoms with Crippen LogP contribution in [-0.2, 0) is 14.3 Å². The Morgan fingerprint density at radius 1 is 1.10 bits per heavy atom. The molecular formula is C24H27NO5. The Morgan fingerprint density at radius 3 is 2.57 bits per heavy atom. The van der Waals surface area contributed by atoms with Crippen molar-refractivity contribution < 1.29 is 24.2 Å². The van der Waals surface area contributed by atoms with Gasteiger partial charge in [-0.25, -0.2) is 0 Å². The van der Waals surface area contributed by atoms with Gasteiger partial charge in [0.1, 0.15) is 11.5 Å². The lowest BCUT2D eigenvalue weighted by atomic mass is 9.93. The van der Waals surface area contributed by atoms with Crippen LogP contribution in [0.2, 0.25) is 0 Å². The monoisotopic (exact) mass is 409 g/mol. The van der Waals surface area contributed by atoms with Crippen LogP contribution in [0.3, 0.4) is 0 Å². The first kappa shape index (κ1) is 21.6. The van der Waals surface area contributed by atoms with E-state index in [1.54, 1.807) is 32.4 Å². The number of carbonyl (C=O) groups excluding carboxylic acids is 2. The van der Waals surface area contributed by atoms with Crippen LogP contribution in [0.4, 0.5) is 0 Å². The molecule has 2 aromatic carbocycles. The van der Waals surface area contributed by atoms with Gasteiger partial charge in [-0.05, 0) is 49.6 Å². The molecule has 0 spiro atoms. The van der Waals surface area contributed by atoms with Gasteiger partial charge in [0.25, 0.3) is 11.7 Å². The number of nitrogens with zero attached hydrogens (tertiary/aromatic N) is 1. The molecule has 6 nitrogen and oxygen atoms in total. The van der Waals surface area contributed by atoms with Crippen molar-refractivity contribution in [3.05, 3.63) is 70.3 Å². The van der Waals surface area contributed by atoms with Gasteiger partial charge in [-0.3, -0.25) is 9.59 Å². The van der Waals surface area contributed by atoms with Gasteiger partial charge >= 0.3 is 0 Å². The second-order valence-electron chi connectivity index (χ2n) is 7.43.